The lowest BCUT2D eigenvalue weighted by molar-refractivity contribution is 0.376. The van der Waals surface area contributed by atoms with Crippen LogP contribution in [0.15, 0.2) is 4.52 Å². The number of hydrogen-bond acceptors (Lipinski definition) is 4. The number of nitrogens with one attached hydrogen (secondary N) is 1. The molecule has 0 fully saturated rings. The standard InChI is InChI=1S/C8H13N3O/c9-5-7-6-1-3-10-4-2-8(6)12-11-7/h10H,1-5,9H2. The number of rotatable bonds is 1. The molecule has 0 amide bonds. The summed E-state index contributed by atoms with van der Waals surface area (Å²) in [5.74, 6) is 1.01. The molecule has 1 aromatic rings. The van der Waals surface area contributed by atoms with Crippen molar-refractivity contribution in [3.8, 4) is 0 Å². The summed E-state index contributed by atoms with van der Waals surface area (Å²) in [5, 5.41) is 7.23. The van der Waals surface area contributed by atoms with Gasteiger partial charge in [-0.05, 0) is 13.0 Å². The van der Waals surface area contributed by atoms with Crippen LogP contribution in [0.1, 0.15) is 17.0 Å². The first-order valence-corrected chi connectivity index (χ1v) is 4.29. The number of aromatic nitrogens is 1. The molecular formula is C8H13N3O. The van der Waals surface area contributed by atoms with E-state index in [1.165, 1.54) is 5.56 Å². The van der Waals surface area contributed by atoms with Gasteiger partial charge in [-0.2, -0.15) is 0 Å². The Balaban J connectivity index is 2.32. The van der Waals surface area contributed by atoms with Gasteiger partial charge in [0.2, 0.25) is 0 Å². The molecule has 2 heterocycles. The minimum absolute atomic E-state index is 0.485. The van der Waals surface area contributed by atoms with Crippen molar-refractivity contribution in [2.45, 2.75) is 19.4 Å². The van der Waals surface area contributed by atoms with Crippen LogP contribution >= 0.6 is 0 Å². The quantitative estimate of drug-likeness (QED) is 0.609. The van der Waals surface area contributed by atoms with Crippen molar-refractivity contribution in [1.82, 2.24) is 10.5 Å². The molecule has 66 valence electrons. The molecule has 1 aliphatic heterocycles. The van der Waals surface area contributed by atoms with Crippen molar-refractivity contribution in [2.24, 2.45) is 5.73 Å². The fraction of sp³-hybridized carbons (Fsp3) is 0.625. The van der Waals surface area contributed by atoms with Gasteiger partial charge in [-0.3, -0.25) is 0 Å². The third kappa shape index (κ3) is 1.23. The minimum Gasteiger partial charge on any atom is -0.361 e. The van der Waals surface area contributed by atoms with Gasteiger partial charge in [0.15, 0.2) is 0 Å². The Morgan fingerprint density at radius 2 is 2.25 bits per heavy atom. The van der Waals surface area contributed by atoms with E-state index in [4.69, 9.17) is 10.3 Å². The van der Waals surface area contributed by atoms with E-state index in [1.807, 2.05) is 0 Å². The van der Waals surface area contributed by atoms with E-state index in [0.717, 1.165) is 37.4 Å². The Morgan fingerprint density at radius 3 is 3.08 bits per heavy atom. The highest BCUT2D eigenvalue weighted by Gasteiger charge is 2.16. The molecule has 0 bridgehead atoms. The maximum atomic E-state index is 5.53. The van der Waals surface area contributed by atoms with Gasteiger partial charge in [0.1, 0.15) is 11.5 Å². The molecule has 4 heteroatoms. The summed E-state index contributed by atoms with van der Waals surface area (Å²) in [4.78, 5) is 0. The Morgan fingerprint density at radius 1 is 1.42 bits per heavy atom. The summed E-state index contributed by atoms with van der Waals surface area (Å²) in [6.45, 7) is 2.46. The van der Waals surface area contributed by atoms with Gasteiger partial charge in [0.25, 0.3) is 0 Å². The van der Waals surface area contributed by atoms with Crippen LogP contribution in [0, 0.1) is 0 Å². The third-order valence-electron chi connectivity index (χ3n) is 2.22. The van der Waals surface area contributed by atoms with Gasteiger partial charge in [-0.25, -0.2) is 0 Å². The summed E-state index contributed by atoms with van der Waals surface area (Å²) in [7, 11) is 0. The van der Waals surface area contributed by atoms with Crippen molar-refractivity contribution in [3.05, 3.63) is 17.0 Å². The summed E-state index contributed by atoms with van der Waals surface area (Å²) in [5.41, 5.74) is 7.68. The molecule has 0 saturated carbocycles. The molecule has 0 spiro atoms. The summed E-state index contributed by atoms with van der Waals surface area (Å²) < 4.78 is 5.19. The highest BCUT2D eigenvalue weighted by molar-refractivity contribution is 5.24. The molecule has 0 aromatic carbocycles. The molecule has 0 saturated heterocycles. The Labute approximate surface area is 71.1 Å². The molecule has 0 radical (unpaired) electrons. The highest BCUT2D eigenvalue weighted by atomic mass is 16.5. The zero-order valence-corrected chi connectivity index (χ0v) is 6.97. The fourth-order valence-corrected chi connectivity index (χ4v) is 1.56. The molecule has 2 rings (SSSR count). The maximum Gasteiger partial charge on any atom is 0.141 e. The average molecular weight is 167 g/mol. The Kier molecular flexibility index (Phi) is 2.10. The third-order valence-corrected chi connectivity index (χ3v) is 2.22. The average Bonchev–Trinajstić information content (AvgIpc) is 2.33. The van der Waals surface area contributed by atoms with Crippen LogP contribution in [0.25, 0.3) is 0 Å². The van der Waals surface area contributed by atoms with Crippen LogP contribution < -0.4 is 11.1 Å². The lowest BCUT2D eigenvalue weighted by Gasteiger charge is -1.96. The molecule has 0 unspecified atom stereocenters. The van der Waals surface area contributed by atoms with E-state index in [9.17, 15) is 0 Å². The Hall–Kier alpha value is -0.870. The minimum atomic E-state index is 0.485. The van der Waals surface area contributed by atoms with E-state index in [0.29, 0.717) is 6.54 Å². The van der Waals surface area contributed by atoms with Gasteiger partial charge >= 0.3 is 0 Å². The van der Waals surface area contributed by atoms with Crippen LogP contribution in [0.2, 0.25) is 0 Å². The summed E-state index contributed by atoms with van der Waals surface area (Å²) >= 11 is 0. The topological polar surface area (TPSA) is 64.1 Å². The molecule has 0 aliphatic carbocycles. The number of hydrogen-bond donors (Lipinski definition) is 2. The molecular weight excluding hydrogens is 154 g/mol. The van der Waals surface area contributed by atoms with E-state index >= 15 is 0 Å². The van der Waals surface area contributed by atoms with Crippen molar-refractivity contribution in [3.63, 3.8) is 0 Å². The van der Waals surface area contributed by atoms with Crippen molar-refractivity contribution < 1.29 is 4.52 Å². The van der Waals surface area contributed by atoms with Gasteiger partial charge in [-0.1, -0.05) is 5.16 Å². The van der Waals surface area contributed by atoms with E-state index in [1.54, 1.807) is 0 Å². The van der Waals surface area contributed by atoms with Gasteiger partial charge in [0.05, 0.1) is 0 Å². The van der Waals surface area contributed by atoms with Crippen LogP contribution in [-0.2, 0) is 19.4 Å². The van der Waals surface area contributed by atoms with Crippen molar-refractivity contribution >= 4 is 0 Å². The van der Waals surface area contributed by atoms with Gasteiger partial charge in [0, 0.05) is 25.1 Å². The van der Waals surface area contributed by atoms with E-state index in [-0.39, 0.29) is 0 Å². The molecule has 0 atom stereocenters. The second-order valence-electron chi connectivity index (χ2n) is 2.99. The summed E-state index contributed by atoms with van der Waals surface area (Å²) in [6.07, 6.45) is 1.92. The van der Waals surface area contributed by atoms with Crippen LogP contribution in [-0.4, -0.2) is 18.2 Å². The second-order valence-corrected chi connectivity index (χ2v) is 2.99. The van der Waals surface area contributed by atoms with Crippen LogP contribution in [0.4, 0.5) is 0 Å². The zero-order chi connectivity index (χ0) is 8.39. The van der Waals surface area contributed by atoms with Crippen LogP contribution in [0.3, 0.4) is 0 Å². The number of fused-ring (bicyclic) bond motifs is 1. The molecule has 12 heavy (non-hydrogen) atoms. The number of nitrogens with zero attached hydrogens (tertiary/aromatic N) is 1. The molecule has 1 aromatic heterocycles. The van der Waals surface area contributed by atoms with Gasteiger partial charge in [-0.15, -0.1) is 0 Å². The predicted octanol–water partition coefficient (Wildman–Crippen LogP) is -0.179. The van der Waals surface area contributed by atoms with Crippen LogP contribution in [0.5, 0.6) is 0 Å². The highest BCUT2D eigenvalue weighted by Crippen LogP contribution is 2.16. The second kappa shape index (κ2) is 3.25. The first-order chi connectivity index (χ1) is 5.92. The number of nitrogens with two attached hydrogens (primary N) is 1. The summed E-state index contributed by atoms with van der Waals surface area (Å²) in [6, 6.07) is 0. The van der Waals surface area contributed by atoms with Gasteiger partial charge < -0.3 is 15.6 Å². The molecule has 4 nitrogen and oxygen atoms in total. The molecule has 3 N–H and O–H groups in total. The Bertz CT molecular complexity index is 269. The molecule has 1 aliphatic rings. The predicted molar refractivity (Wildman–Crippen MR) is 44.7 cm³/mol. The maximum absolute atomic E-state index is 5.53. The van der Waals surface area contributed by atoms with Crippen molar-refractivity contribution in [2.75, 3.05) is 13.1 Å². The largest absolute Gasteiger partial charge is 0.361 e. The smallest absolute Gasteiger partial charge is 0.141 e. The normalized spacial score (nSPS) is 17.1. The fourth-order valence-electron chi connectivity index (χ4n) is 1.56. The first kappa shape index (κ1) is 7.76. The van der Waals surface area contributed by atoms with Crippen molar-refractivity contribution in [1.29, 1.82) is 0 Å². The first-order valence-electron chi connectivity index (χ1n) is 4.29. The lowest BCUT2D eigenvalue weighted by atomic mass is 10.1. The monoisotopic (exact) mass is 167 g/mol. The van der Waals surface area contributed by atoms with E-state index < -0.39 is 0 Å². The zero-order valence-electron chi connectivity index (χ0n) is 6.97. The lowest BCUT2D eigenvalue weighted by Crippen LogP contribution is -2.16. The SMILES string of the molecule is NCc1noc2c1CCNCC2. The van der Waals surface area contributed by atoms with E-state index in [2.05, 4.69) is 10.5 Å².